The average molecular weight is 382 g/mol. The maximum Gasteiger partial charge on any atom is 0.394 e. The van der Waals surface area contributed by atoms with Crippen LogP contribution < -0.4 is 0 Å². The standard InChI is InChI=1S/C18H17F3N2O4/c19-18(20,21)13-10-23(9-12(13)17(25)26)16(24)7-6-15-22-8-14(27-15)11-4-2-1-3-5-11/h1-5,8,12-13H,6-7,9-10H2,(H,25,26)/t12-,13-/m1/s1. The molecule has 1 N–H and O–H groups in total. The molecule has 1 saturated heterocycles. The van der Waals surface area contributed by atoms with E-state index in [1.807, 2.05) is 30.3 Å². The summed E-state index contributed by atoms with van der Waals surface area (Å²) in [5.41, 5.74) is 0.819. The quantitative estimate of drug-likeness (QED) is 0.860. The van der Waals surface area contributed by atoms with Gasteiger partial charge in [0.15, 0.2) is 11.7 Å². The molecule has 0 bridgehead atoms. The number of alkyl halides is 3. The van der Waals surface area contributed by atoms with Crippen LogP contribution in [0.5, 0.6) is 0 Å². The highest BCUT2D eigenvalue weighted by molar-refractivity contribution is 5.79. The van der Waals surface area contributed by atoms with Crippen LogP contribution >= 0.6 is 0 Å². The van der Waals surface area contributed by atoms with Gasteiger partial charge in [0, 0.05) is 31.5 Å². The van der Waals surface area contributed by atoms with Crippen LogP contribution in [0, 0.1) is 11.8 Å². The van der Waals surface area contributed by atoms with E-state index in [-0.39, 0.29) is 12.8 Å². The predicted molar refractivity (Wildman–Crippen MR) is 87.5 cm³/mol. The van der Waals surface area contributed by atoms with Gasteiger partial charge in [0.25, 0.3) is 0 Å². The van der Waals surface area contributed by atoms with Gasteiger partial charge in [-0.25, -0.2) is 4.98 Å². The maximum absolute atomic E-state index is 13.0. The molecule has 2 heterocycles. The number of aryl methyl sites for hydroxylation is 1. The molecule has 1 amide bonds. The van der Waals surface area contributed by atoms with Crippen molar-refractivity contribution in [1.82, 2.24) is 9.88 Å². The molecular weight excluding hydrogens is 365 g/mol. The van der Waals surface area contributed by atoms with Crippen LogP contribution in [0.25, 0.3) is 11.3 Å². The van der Waals surface area contributed by atoms with Crippen molar-refractivity contribution >= 4 is 11.9 Å². The van der Waals surface area contributed by atoms with E-state index in [1.54, 1.807) is 0 Å². The molecule has 9 heteroatoms. The van der Waals surface area contributed by atoms with Gasteiger partial charge in [-0.15, -0.1) is 0 Å². The van der Waals surface area contributed by atoms with Gasteiger partial charge in [-0.05, 0) is 0 Å². The first-order valence-electron chi connectivity index (χ1n) is 8.33. The zero-order valence-electron chi connectivity index (χ0n) is 14.1. The summed E-state index contributed by atoms with van der Waals surface area (Å²) in [7, 11) is 0. The molecule has 0 saturated carbocycles. The fourth-order valence-electron chi connectivity index (χ4n) is 3.12. The number of carboxylic acids is 1. The van der Waals surface area contributed by atoms with Gasteiger partial charge in [0.1, 0.15) is 0 Å². The summed E-state index contributed by atoms with van der Waals surface area (Å²) in [5.74, 6) is -4.96. The lowest BCUT2D eigenvalue weighted by Crippen LogP contribution is -2.34. The van der Waals surface area contributed by atoms with E-state index in [4.69, 9.17) is 9.52 Å². The number of carbonyl (C=O) groups is 2. The molecule has 0 spiro atoms. The Morgan fingerprint density at radius 2 is 1.93 bits per heavy atom. The van der Waals surface area contributed by atoms with E-state index in [9.17, 15) is 22.8 Å². The molecular formula is C18H17F3N2O4. The van der Waals surface area contributed by atoms with Crippen molar-refractivity contribution in [3.05, 3.63) is 42.4 Å². The summed E-state index contributed by atoms with van der Waals surface area (Å²) >= 11 is 0. The van der Waals surface area contributed by atoms with Gasteiger partial charge in [-0.3, -0.25) is 9.59 Å². The molecule has 144 valence electrons. The van der Waals surface area contributed by atoms with Crippen LogP contribution in [0.15, 0.2) is 40.9 Å². The summed E-state index contributed by atoms with van der Waals surface area (Å²) in [5, 5.41) is 9.00. The van der Waals surface area contributed by atoms with Crippen LogP contribution in [0.3, 0.4) is 0 Å². The third-order valence-corrected chi connectivity index (χ3v) is 4.57. The fourth-order valence-corrected chi connectivity index (χ4v) is 3.12. The normalized spacial score (nSPS) is 20.0. The van der Waals surface area contributed by atoms with Crippen molar-refractivity contribution in [3.63, 3.8) is 0 Å². The highest BCUT2D eigenvalue weighted by atomic mass is 19.4. The number of benzene rings is 1. The molecule has 1 aromatic heterocycles. The largest absolute Gasteiger partial charge is 0.481 e. The zero-order valence-corrected chi connectivity index (χ0v) is 14.1. The molecule has 1 aliphatic heterocycles. The van der Waals surface area contributed by atoms with E-state index in [0.717, 1.165) is 10.5 Å². The van der Waals surface area contributed by atoms with Gasteiger partial charge < -0.3 is 14.4 Å². The van der Waals surface area contributed by atoms with Crippen LogP contribution in [-0.4, -0.2) is 46.1 Å². The number of carbonyl (C=O) groups excluding carboxylic acids is 1. The Balaban J connectivity index is 1.60. The predicted octanol–water partition coefficient (Wildman–Crippen LogP) is 3.00. The van der Waals surface area contributed by atoms with E-state index in [2.05, 4.69) is 4.98 Å². The van der Waals surface area contributed by atoms with Crippen molar-refractivity contribution < 1.29 is 32.3 Å². The second-order valence-electron chi connectivity index (χ2n) is 6.38. The lowest BCUT2D eigenvalue weighted by atomic mass is 9.96. The average Bonchev–Trinajstić information content (AvgIpc) is 3.27. The Bertz CT molecular complexity index is 820. The van der Waals surface area contributed by atoms with Crippen molar-refractivity contribution in [2.45, 2.75) is 19.0 Å². The second kappa shape index (κ2) is 7.42. The Labute approximate surface area is 152 Å². The summed E-state index contributed by atoms with van der Waals surface area (Å²) < 4.78 is 44.6. The summed E-state index contributed by atoms with van der Waals surface area (Å²) in [6, 6.07) is 9.20. The number of hydrogen-bond acceptors (Lipinski definition) is 4. The van der Waals surface area contributed by atoms with E-state index >= 15 is 0 Å². The van der Waals surface area contributed by atoms with Crippen molar-refractivity contribution in [1.29, 1.82) is 0 Å². The number of hydrogen-bond donors (Lipinski definition) is 1. The highest BCUT2D eigenvalue weighted by Crippen LogP contribution is 2.38. The molecule has 1 aromatic carbocycles. The summed E-state index contributed by atoms with van der Waals surface area (Å²) in [4.78, 5) is 28.3. The molecule has 6 nitrogen and oxygen atoms in total. The van der Waals surface area contributed by atoms with Gasteiger partial charge in [-0.1, -0.05) is 30.3 Å². The molecule has 1 aliphatic rings. The highest BCUT2D eigenvalue weighted by Gasteiger charge is 2.53. The molecule has 0 aliphatic carbocycles. The summed E-state index contributed by atoms with van der Waals surface area (Å²) in [6.45, 7) is -1.08. The van der Waals surface area contributed by atoms with Crippen LogP contribution in [0.2, 0.25) is 0 Å². The fraction of sp³-hybridized carbons (Fsp3) is 0.389. The van der Waals surface area contributed by atoms with E-state index < -0.39 is 43.0 Å². The lowest BCUT2D eigenvalue weighted by molar-refractivity contribution is -0.188. The first kappa shape index (κ1) is 18.9. The number of amides is 1. The molecule has 3 rings (SSSR count). The number of rotatable bonds is 5. The lowest BCUT2D eigenvalue weighted by Gasteiger charge is -2.18. The van der Waals surface area contributed by atoms with Gasteiger partial charge in [0.05, 0.1) is 18.0 Å². The van der Waals surface area contributed by atoms with Gasteiger partial charge >= 0.3 is 12.1 Å². The Morgan fingerprint density at radius 3 is 2.52 bits per heavy atom. The topological polar surface area (TPSA) is 83.6 Å². The maximum atomic E-state index is 13.0. The SMILES string of the molecule is O=C(O)[C@@H]1CN(C(=O)CCc2ncc(-c3ccccc3)o2)C[C@H]1C(F)(F)F. The Hall–Kier alpha value is -2.84. The number of likely N-dealkylation sites (tertiary alicyclic amines) is 1. The minimum absolute atomic E-state index is 0.105. The third-order valence-electron chi connectivity index (χ3n) is 4.57. The third kappa shape index (κ3) is 4.29. The molecule has 1 fully saturated rings. The summed E-state index contributed by atoms with van der Waals surface area (Å²) in [6.07, 6.45) is -3.13. The number of carboxylic acid groups (broad SMARTS) is 1. The smallest absolute Gasteiger partial charge is 0.394 e. The van der Waals surface area contributed by atoms with Crippen LogP contribution in [0.4, 0.5) is 13.2 Å². The van der Waals surface area contributed by atoms with Crippen LogP contribution in [-0.2, 0) is 16.0 Å². The minimum atomic E-state index is -4.66. The zero-order chi connectivity index (χ0) is 19.6. The van der Waals surface area contributed by atoms with E-state index in [1.165, 1.54) is 6.20 Å². The first-order chi connectivity index (χ1) is 12.8. The van der Waals surface area contributed by atoms with Crippen molar-refractivity contribution in [3.8, 4) is 11.3 Å². The first-order valence-corrected chi connectivity index (χ1v) is 8.33. The molecule has 2 aromatic rings. The number of oxazole rings is 1. The monoisotopic (exact) mass is 382 g/mol. The van der Waals surface area contributed by atoms with Gasteiger partial charge in [0.2, 0.25) is 5.91 Å². The second-order valence-corrected chi connectivity index (χ2v) is 6.38. The van der Waals surface area contributed by atoms with E-state index in [0.29, 0.717) is 11.7 Å². The van der Waals surface area contributed by atoms with Crippen molar-refractivity contribution in [2.24, 2.45) is 11.8 Å². The van der Waals surface area contributed by atoms with Gasteiger partial charge in [-0.2, -0.15) is 13.2 Å². The number of nitrogens with zero attached hydrogens (tertiary/aromatic N) is 2. The molecule has 0 radical (unpaired) electrons. The van der Waals surface area contributed by atoms with Crippen LogP contribution in [0.1, 0.15) is 12.3 Å². The minimum Gasteiger partial charge on any atom is -0.481 e. The number of aliphatic carboxylic acids is 1. The van der Waals surface area contributed by atoms with Crippen molar-refractivity contribution in [2.75, 3.05) is 13.1 Å². The Kier molecular flexibility index (Phi) is 5.20. The molecule has 27 heavy (non-hydrogen) atoms. The molecule has 0 unspecified atom stereocenters. The Morgan fingerprint density at radius 1 is 1.22 bits per heavy atom. The number of aromatic nitrogens is 1. The molecule has 2 atom stereocenters. The number of halogens is 3.